The summed E-state index contributed by atoms with van der Waals surface area (Å²) < 4.78 is 5.42. The second-order valence-corrected chi connectivity index (χ2v) is 5.41. The predicted molar refractivity (Wildman–Crippen MR) is 90.4 cm³/mol. The van der Waals surface area contributed by atoms with Gasteiger partial charge in [-0.25, -0.2) is 4.79 Å². The van der Waals surface area contributed by atoms with Gasteiger partial charge in [0.15, 0.2) is 6.61 Å². The molecule has 0 unspecified atom stereocenters. The highest BCUT2D eigenvalue weighted by Crippen LogP contribution is 2.18. The van der Waals surface area contributed by atoms with Crippen LogP contribution in [0.5, 0.6) is 5.75 Å². The Morgan fingerprint density at radius 3 is 2.36 bits per heavy atom. The van der Waals surface area contributed by atoms with Crippen molar-refractivity contribution >= 4 is 17.8 Å². The highest BCUT2D eigenvalue weighted by molar-refractivity contribution is 6.05. The minimum atomic E-state index is -1.23. The summed E-state index contributed by atoms with van der Waals surface area (Å²) in [6.07, 6.45) is 0. The quantitative estimate of drug-likeness (QED) is 0.719. The van der Waals surface area contributed by atoms with Crippen LogP contribution in [-0.2, 0) is 4.79 Å². The van der Waals surface area contributed by atoms with Crippen molar-refractivity contribution in [3.8, 4) is 5.75 Å². The summed E-state index contributed by atoms with van der Waals surface area (Å²) in [6, 6.07) is 11.3. The van der Waals surface area contributed by atoms with Crippen molar-refractivity contribution < 1.29 is 24.2 Å². The lowest BCUT2D eigenvalue weighted by atomic mass is 10.1. The van der Waals surface area contributed by atoms with Gasteiger partial charge in [-0.05, 0) is 43.2 Å². The maximum atomic E-state index is 12.0. The molecule has 0 fully saturated rings. The predicted octanol–water partition coefficient (Wildman–Crippen LogP) is 1.84. The number of aryl methyl sites for hydroxylation is 2. The molecule has 0 saturated carbocycles. The zero-order valence-corrected chi connectivity index (χ0v) is 13.8. The number of amides is 2. The third-order valence-electron chi connectivity index (χ3n) is 3.42. The maximum absolute atomic E-state index is 12.0. The van der Waals surface area contributed by atoms with E-state index >= 15 is 0 Å². The molecular formula is C18H18N2O5. The van der Waals surface area contributed by atoms with E-state index in [2.05, 4.69) is 10.9 Å². The van der Waals surface area contributed by atoms with E-state index in [1.165, 1.54) is 24.3 Å². The van der Waals surface area contributed by atoms with Crippen LogP contribution in [0.25, 0.3) is 0 Å². The van der Waals surface area contributed by atoms with E-state index in [9.17, 15) is 14.4 Å². The van der Waals surface area contributed by atoms with Crippen molar-refractivity contribution in [1.82, 2.24) is 10.9 Å². The summed E-state index contributed by atoms with van der Waals surface area (Å²) >= 11 is 0. The maximum Gasteiger partial charge on any atom is 0.336 e. The van der Waals surface area contributed by atoms with Crippen LogP contribution in [0, 0.1) is 13.8 Å². The number of hydrogen-bond donors (Lipinski definition) is 3. The van der Waals surface area contributed by atoms with E-state index in [1.807, 2.05) is 32.0 Å². The summed E-state index contributed by atoms with van der Waals surface area (Å²) in [5, 5.41) is 9.06. The molecule has 0 aromatic heterocycles. The second kappa shape index (κ2) is 7.96. The molecule has 0 radical (unpaired) electrons. The number of rotatable bonds is 5. The molecule has 0 heterocycles. The van der Waals surface area contributed by atoms with Gasteiger partial charge >= 0.3 is 5.97 Å². The molecule has 25 heavy (non-hydrogen) atoms. The lowest BCUT2D eigenvalue weighted by Crippen LogP contribution is -2.44. The summed E-state index contributed by atoms with van der Waals surface area (Å²) in [5.74, 6) is -1.94. The molecular weight excluding hydrogens is 324 g/mol. The smallest absolute Gasteiger partial charge is 0.336 e. The van der Waals surface area contributed by atoms with E-state index in [1.54, 1.807) is 0 Å². The molecule has 2 aromatic carbocycles. The third kappa shape index (κ3) is 4.81. The Balaban J connectivity index is 1.91. The Hall–Kier alpha value is -3.35. The molecule has 0 bridgehead atoms. The van der Waals surface area contributed by atoms with Crippen LogP contribution in [0.1, 0.15) is 31.8 Å². The number of carbonyl (C=O) groups excluding carboxylic acids is 2. The number of ether oxygens (including phenoxy) is 1. The first-order valence-corrected chi connectivity index (χ1v) is 7.50. The van der Waals surface area contributed by atoms with Crippen molar-refractivity contribution in [2.75, 3.05) is 6.61 Å². The van der Waals surface area contributed by atoms with Gasteiger partial charge < -0.3 is 9.84 Å². The van der Waals surface area contributed by atoms with Crippen molar-refractivity contribution in [2.24, 2.45) is 0 Å². The van der Waals surface area contributed by atoms with Crippen molar-refractivity contribution in [2.45, 2.75) is 13.8 Å². The molecule has 7 heteroatoms. The molecule has 130 valence electrons. The minimum Gasteiger partial charge on any atom is -0.483 e. The van der Waals surface area contributed by atoms with Gasteiger partial charge in [-0.2, -0.15) is 0 Å². The fourth-order valence-electron chi connectivity index (χ4n) is 2.10. The first-order chi connectivity index (χ1) is 11.9. The second-order valence-electron chi connectivity index (χ2n) is 5.41. The Bertz CT molecular complexity index is 817. The van der Waals surface area contributed by atoms with Gasteiger partial charge in [0.25, 0.3) is 11.8 Å². The Morgan fingerprint density at radius 2 is 1.68 bits per heavy atom. The van der Waals surface area contributed by atoms with E-state index in [0.29, 0.717) is 5.75 Å². The molecule has 0 aliphatic carbocycles. The van der Waals surface area contributed by atoms with Crippen LogP contribution >= 0.6 is 0 Å². The number of carbonyl (C=O) groups is 3. The number of hydrogen-bond acceptors (Lipinski definition) is 4. The van der Waals surface area contributed by atoms with Gasteiger partial charge in [0.05, 0.1) is 11.1 Å². The van der Waals surface area contributed by atoms with E-state index < -0.39 is 17.8 Å². The molecule has 0 aliphatic rings. The van der Waals surface area contributed by atoms with Crippen molar-refractivity contribution in [3.05, 3.63) is 64.7 Å². The van der Waals surface area contributed by atoms with Crippen LogP contribution in [0.4, 0.5) is 0 Å². The topological polar surface area (TPSA) is 105 Å². The van der Waals surface area contributed by atoms with Gasteiger partial charge in [0.1, 0.15) is 5.75 Å². The molecule has 2 amide bonds. The monoisotopic (exact) mass is 342 g/mol. The van der Waals surface area contributed by atoms with E-state index in [4.69, 9.17) is 9.84 Å². The molecule has 2 aromatic rings. The van der Waals surface area contributed by atoms with Gasteiger partial charge in [-0.15, -0.1) is 0 Å². The summed E-state index contributed by atoms with van der Waals surface area (Å²) in [7, 11) is 0. The highest BCUT2D eigenvalue weighted by Gasteiger charge is 2.16. The fraction of sp³-hybridized carbons (Fsp3) is 0.167. The highest BCUT2D eigenvalue weighted by atomic mass is 16.5. The fourth-order valence-corrected chi connectivity index (χ4v) is 2.10. The molecule has 0 saturated heterocycles. The first-order valence-electron chi connectivity index (χ1n) is 7.50. The Morgan fingerprint density at radius 1 is 1.00 bits per heavy atom. The average Bonchev–Trinajstić information content (AvgIpc) is 2.60. The van der Waals surface area contributed by atoms with Crippen LogP contribution < -0.4 is 15.6 Å². The van der Waals surface area contributed by atoms with Crippen LogP contribution in [0.2, 0.25) is 0 Å². The van der Waals surface area contributed by atoms with E-state index in [-0.39, 0.29) is 17.7 Å². The summed E-state index contributed by atoms with van der Waals surface area (Å²) in [5.41, 5.74) is 6.05. The van der Waals surface area contributed by atoms with Crippen LogP contribution in [0.3, 0.4) is 0 Å². The largest absolute Gasteiger partial charge is 0.483 e. The lowest BCUT2D eigenvalue weighted by molar-refractivity contribution is -0.123. The summed E-state index contributed by atoms with van der Waals surface area (Å²) in [6.45, 7) is 3.48. The van der Waals surface area contributed by atoms with Crippen molar-refractivity contribution in [3.63, 3.8) is 0 Å². The van der Waals surface area contributed by atoms with Gasteiger partial charge in [0, 0.05) is 0 Å². The molecule has 0 aliphatic heterocycles. The van der Waals surface area contributed by atoms with Crippen LogP contribution in [-0.4, -0.2) is 29.5 Å². The molecule has 3 N–H and O–H groups in total. The standard InChI is InChI=1S/C18H18N2O5/c1-11-7-8-12(2)15(9-11)25-10-16(21)19-20-17(22)13-5-3-4-6-14(13)18(23)24/h3-9H,10H2,1-2H3,(H,19,21)(H,20,22)(H,23,24). The molecule has 7 nitrogen and oxygen atoms in total. The number of hydrazine groups is 1. The number of carboxylic acid groups (broad SMARTS) is 1. The van der Waals surface area contributed by atoms with Crippen LogP contribution in [0.15, 0.2) is 42.5 Å². The third-order valence-corrected chi connectivity index (χ3v) is 3.42. The number of aromatic carboxylic acids is 1. The Kier molecular flexibility index (Phi) is 5.73. The number of benzene rings is 2. The number of nitrogens with one attached hydrogen (secondary N) is 2. The van der Waals surface area contributed by atoms with Crippen molar-refractivity contribution in [1.29, 1.82) is 0 Å². The minimum absolute atomic E-state index is 0.0502. The first kappa shape index (κ1) is 18.0. The normalized spacial score (nSPS) is 10.0. The van der Waals surface area contributed by atoms with E-state index in [0.717, 1.165) is 11.1 Å². The zero-order valence-electron chi connectivity index (χ0n) is 13.8. The average molecular weight is 342 g/mol. The molecule has 0 atom stereocenters. The Labute approximate surface area is 144 Å². The molecule has 0 spiro atoms. The number of carboxylic acids is 1. The van der Waals surface area contributed by atoms with Gasteiger partial charge in [-0.1, -0.05) is 24.3 Å². The molecule has 2 rings (SSSR count). The SMILES string of the molecule is Cc1ccc(C)c(OCC(=O)NNC(=O)c2ccccc2C(=O)O)c1. The van der Waals surface area contributed by atoms with Gasteiger partial charge in [0.2, 0.25) is 0 Å². The lowest BCUT2D eigenvalue weighted by Gasteiger charge is -2.11. The van der Waals surface area contributed by atoms with Gasteiger partial charge in [-0.3, -0.25) is 20.4 Å². The summed E-state index contributed by atoms with van der Waals surface area (Å²) in [4.78, 5) is 34.9. The zero-order chi connectivity index (χ0) is 18.4.